The maximum absolute atomic E-state index is 12.0. The van der Waals surface area contributed by atoms with E-state index in [1.54, 1.807) is 11.9 Å². The summed E-state index contributed by atoms with van der Waals surface area (Å²) in [6, 6.07) is -0.745. The van der Waals surface area contributed by atoms with Gasteiger partial charge in [-0.05, 0) is 26.4 Å². The van der Waals surface area contributed by atoms with Gasteiger partial charge in [0.2, 0.25) is 0 Å². The van der Waals surface area contributed by atoms with Crippen molar-refractivity contribution in [3.8, 4) is 0 Å². The zero-order valence-electron chi connectivity index (χ0n) is 6.80. The number of aliphatic hydroxyl groups is 1. The van der Waals surface area contributed by atoms with Crippen LogP contribution in [0.3, 0.4) is 0 Å². The Balaban J connectivity index is 2.57. The Morgan fingerprint density at radius 3 is 2.42 bits per heavy atom. The van der Waals surface area contributed by atoms with E-state index in [0.29, 0.717) is 13.0 Å². The standard InChI is InChI=1S/C7H12F3NO/c1-11-4-2-3-5(11)6(12)7(8,9)10/h5-6,12H,2-4H2,1H3. The van der Waals surface area contributed by atoms with Crippen LogP contribution in [0.1, 0.15) is 12.8 Å². The van der Waals surface area contributed by atoms with E-state index < -0.39 is 18.3 Å². The highest BCUT2D eigenvalue weighted by Crippen LogP contribution is 2.29. The SMILES string of the molecule is CN1CCCC1C(O)C(F)(F)F. The molecule has 1 aliphatic heterocycles. The van der Waals surface area contributed by atoms with Crippen LogP contribution >= 0.6 is 0 Å². The number of rotatable bonds is 1. The molecular weight excluding hydrogens is 171 g/mol. The molecular formula is C7H12F3NO. The minimum Gasteiger partial charge on any atom is -0.382 e. The van der Waals surface area contributed by atoms with Gasteiger partial charge in [-0.1, -0.05) is 0 Å². The number of likely N-dealkylation sites (N-methyl/N-ethyl adjacent to an activating group) is 1. The molecule has 1 saturated heterocycles. The molecule has 5 heteroatoms. The van der Waals surface area contributed by atoms with E-state index in [2.05, 4.69) is 0 Å². The highest BCUT2D eigenvalue weighted by molar-refractivity contribution is 4.86. The van der Waals surface area contributed by atoms with Crippen molar-refractivity contribution >= 4 is 0 Å². The summed E-state index contributed by atoms with van der Waals surface area (Å²) in [5.74, 6) is 0. The molecule has 0 spiro atoms. The average molecular weight is 183 g/mol. The molecule has 2 nitrogen and oxygen atoms in total. The third kappa shape index (κ3) is 1.90. The smallest absolute Gasteiger partial charge is 0.382 e. The van der Waals surface area contributed by atoms with Gasteiger partial charge in [-0.2, -0.15) is 13.2 Å². The van der Waals surface area contributed by atoms with Crippen LogP contribution in [0, 0.1) is 0 Å². The van der Waals surface area contributed by atoms with E-state index >= 15 is 0 Å². The summed E-state index contributed by atoms with van der Waals surface area (Å²) in [5.41, 5.74) is 0. The predicted molar refractivity (Wildman–Crippen MR) is 37.7 cm³/mol. The molecule has 1 aliphatic rings. The van der Waals surface area contributed by atoms with Crippen LogP contribution in [-0.2, 0) is 0 Å². The molecule has 1 heterocycles. The van der Waals surface area contributed by atoms with Gasteiger partial charge in [0.15, 0.2) is 6.10 Å². The number of alkyl halides is 3. The summed E-state index contributed by atoms with van der Waals surface area (Å²) in [5, 5.41) is 8.89. The molecule has 1 N–H and O–H groups in total. The fraction of sp³-hybridized carbons (Fsp3) is 1.00. The normalized spacial score (nSPS) is 29.2. The summed E-state index contributed by atoms with van der Waals surface area (Å²) in [7, 11) is 1.60. The van der Waals surface area contributed by atoms with Crippen LogP contribution < -0.4 is 0 Å². The summed E-state index contributed by atoms with van der Waals surface area (Å²) in [6.45, 7) is 0.637. The Morgan fingerprint density at radius 1 is 1.50 bits per heavy atom. The molecule has 2 unspecified atom stereocenters. The highest BCUT2D eigenvalue weighted by atomic mass is 19.4. The molecule has 1 fully saturated rings. The van der Waals surface area contributed by atoms with E-state index in [1.165, 1.54) is 0 Å². The number of nitrogens with zero attached hydrogens (tertiary/aromatic N) is 1. The molecule has 0 aromatic rings. The summed E-state index contributed by atoms with van der Waals surface area (Å²) in [4.78, 5) is 1.55. The summed E-state index contributed by atoms with van der Waals surface area (Å²) in [6.07, 6.45) is -5.51. The van der Waals surface area contributed by atoms with Crippen LogP contribution in [0.4, 0.5) is 13.2 Å². The molecule has 0 aliphatic carbocycles. The number of halogens is 3. The fourth-order valence-electron chi connectivity index (χ4n) is 1.55. The highest BCUT2D eigenvalue weighted by Gasteiger charge is 2.45. The molecule has 72 valence electrons. The number of aliphatic hydroxyl groups excluding tert-OH is 1. The van der Waals surface area contributed by atoms with Gasteiger partial charge in [0.25, 0.3) is 0 Å². The zero-order chi connectivity index (χ0) is 9.35. The van der Waals surface area contributed by atoms with Crippen molar-refractivity contribution in [1.29, 1.82) is 0 Å². The lowest BCUT2D eigenvalue weighted by molar-refractivity contribution is -0.218. The fourth-order valence-corrected chi connectivity index (χ4v) is 1.55. The average Bonchev–Trinajstić information content (AvgIpc) is 2.31. The second kappa shape index (κ2) is 3.22. The van der Waals surface area contributed by atoms with Gasteiger partial charge >= 0.3 is 6.18 Å². The zero-order valence-corrected chi connectivity index (χ0v) is 6.80. The van der Waals surface area contributed by atoms with Gasteiger partial charge in [-0.25, -0.2) is 0 Å². The van der Waals surface area contributed by atoms with Gasteiger partial charge < -0.3 is 10.0 Å². The first kappa shape index (κ1) is 9.80. The van der Waals surface area contributed by atoms with E-state index in [0.717, 1.165) is 6.42 Å². The number of hydrogen-bond donors (Lipinski definition) is 1. The lowest BCUT2D eigenvalue weighted by Crippen LogP contribution is -2.45. The first-order valence-electron chi connectivity index (χ1n) is 3.88. The molecule has 0 radical (unpaired) electrons. The Morgan fingerprint density at radius 2 is 2.08 bits per heavy atom. The van der Waals surface area contributed by atoms with E-state index in [-0.39, 0.29) is 0 Å². The molecule has 1 rings (SSSR count). The Kier molecular flexibility index (Phi) is 2.63. The van der Waals surface area contributed by atoms with Gasteiger partial charge in [0.05, 0.1) is 0 Å². The first-order valence-corrected chi connectivity index (χ1v) is 3.88. The lowest BCUT2D eigenvalue weighted by Gasteiger charge is -2.26. The minimum atomic E-state index is -4.48. The van der Waals surface area contributed by atoms with Gasteiger partial charge in [0.1, 0.15) is 0 Å². The van der Waals surface area contributed by atoms with Gasteiger partial charge in [-0.3, -0.25) is 0 Å². The van der Waals surface area contributed by atoms with E-state index in [1.807, 2.05) is 0 Å². The second-order valence-electron chi connectivity index (χ2n) is 3.18. The third-order valence-corrected chi connectivity index (χ3v) is 2.28. The second-order valence-corrected chi connectivity index (χ2v) is 3.18. The molecule has 0 saturated carbocycles. The number of likely N-dealkylation sites (tertiary alicyclic amines) is 1. The van der Waals surface area contributed by atoms with Crippen molar-refractivity contribution < 1.29 is 18.3 Å². The molecule has 0 bridgehead atoms. The van der Waals surface area contributed by atoms with Crippen LogP contribution in [0.5, 0.6) is 0 Å². The van der Waals surface area contributed by atoms with Gasteiger partial charge in [-0.15, -0.1) is 0 Å². The van der Waals surface area contributed by atoms with Gasteiger partial charge in [0, 0.05) is 6.04 Å². The largest absolute Gasteiger partial charge is 0.415 e. The lowest BCUT2D eigenvalue weighted by atomic mass is 10.1. The van der Waals surface area contributed by atoms with E-state index in [4.69, 9.17) is 5.11 Å². The predicted octanol–water partition coefficient (Wildman–Crippen LogP) is 1.00. The first-order chi connectivity index (χ1) is 5.43. The van der Waals surface area contributed by atoms with Crippen molar-refractivity contribution in [2.45, 2.75) is 31.2 Å². The van der Waals surface area contributed by atoms with Crippen molar-refractivity contribution in [2.24, 2.45) is 0 Å². The summed E-state index contributed by atoms with van der Waals surface area (Å²) < 4.78 is 36.0. The molecule has 0 aromatic carbocycles. The topological polar surface area (TPSA) is 23.5 Å². The Bertz CT molecular complexity index is 159. The third-order valence-electron chi connectivity index (χ3n) is 2.28. The van der Waals surface area contributed by atoms with Crippen molar-refractivity contribution in [3.63, 3.8) is 0 Å². The van der Waals surface area contributed by atoms with Crippen molar-refractivity contribution in [3.05, 3.63) is 0 Å². The van der Waals surface area contributed by atoms with E-state index in [9.17, 15) is 13.2 Å². The Hall–Kier alpha value is -0.290. The quantitative estimate of drug-likeness (QED) is 0.655. The van der Waals surface area contributed by atoms with Crippen LogP contribution in [-0.4, -0.2) is 41.9 Å². The molecule has 0 amide bonds. The number of hydrogen-bond acceptors (Lipinski definition) is 2. The molecule has 0 aromatic heterocycles. The maximum Gasteiger partial charge on any atom is 0.415 e. The minimum absolute atomic E-state index is 0.428. The molecule has 2 atom stereocenters. The Labute approximate surface area is 69.0 Å². The van der Waals surface area contributed by atoms with Crippen LogP contribution in [0.25, 0.3) is 0 Å². The van der Waals surface area contributed by atoms with Crippen molar-refractivity contribution in [1.82, 2.24) is 4.90 Å². The van der Waals surface area contributed by atoms with Crippen molar-refractivity contribution in [2.75, 3.05) is 13.6 Å². The summed E-state index contributed by atoms with van der Waals surface area (Å²) >= 11 is 0. The maximum atomic E-state index is 12.0. The van der Waals surface area contributed by atoms with Crippen LogP contribution in [0.2, 0.25) is 0 Å². The van der Waals surface area contributed by atoms with Crippen LogP contribution in [0.15, 0.2) is 0 Å². The molecule has 12 heavy (non-hydrogen) atoms. The monoisotopic (exact) mass is 183 g/mol.